The van der Waals surface area contributed by atoms with E-state index in [2.05, 4.69) is 38.3 Å². The van der Waals surface area contributed by atoms with Crippen molar-refractivity contribution in [3.05, 3.63) is 76.5 Å². The van der Waals surface area contributed by atoms with Crippen LogP contribution in [0.4, 0.5) is 5.69 Å². The van der Waals surface area contributed by atoms with E-state index < -0.39 is 57.5 Å². The molecule has 1 spiro atoms. The first-order chi connectivity index (χ1) is 31.6. The molecule has 2 aromatic carbocycles. The van der Waals surface area contributed by atoms with Crippen molar-refractivity contribution in [3.63, 3.8) is 0 Å². The van der Waals surface area contributed by atoms with Gasteiger partial charge in [0.05, 0.1) is 30.3 Å². The number of ether oxygens (including phenoxy) is 2. The normalized spacial score (nSPS) is 35.0. The van der Waals surface area contributed by atoms with E-state index in [1.807, 2.05) is 70.0 Å². The molecule has 3 fully saturated rings. The summed E-state index contributed by atoms with van der Waals surface area (Å²) in [6.07, 6.45) is 6.18. The highest BCUT2D eigenvalue weighted by atomic mass is 16.5. The molecule has 15 heteroatoms. The molecule has 1 aliphatic carbocycles. The van der Waals surface area contributed by atoms with Crippen LogP contribution in [-0.4, -0.2) is 149 Å². The molecule has 9 rings (SSSR count). The van der Waals surface area contributed by atoms with Gasteiger partial charge in [-0.3, -0.25) is 24.2 Å². The number of nitrogens with one attached hydrogen (secondary N) is 2. The third kappa shape index (κ3) is 6.88. The Labute approximate surface area is 387 Å². The van der Waals surface area contributed by atoms with Crippen molar-refractivity contribution in [2.24, 2.45) is 23.0 Å². The number of para-hydroxylation sites is 1. The second-order valence-corrected chi connectivity index (χ2v) is 20.9. The number of hydrogen-bond donors (Lipinski definition) is 7. The van der Waals surface area contributed by atoms with Gasteiger partial charge in [-0.05, 0) is 97.7 Å². The number of likely N-dealkylation sites (N-methyl/N-ethyl adjacent to an activating group) is 1. The Hall–Kier alpha value is -4.35. The highest BCUT2D eigenvalue weighted by molar-refractivity contribution is 5.91. The summed E-state index contributed by atoms with van der Waals surface area (Å²) in [6.45, 7) is 11.3. The zero-order valence-corrected chi connectivity index (χ0v) is 39.2. The molecule has 1 amide bonds. The molecule has 66 heavy (non-hydrogen) atoms. The number of anilines is 1. The maximum atomic E-state index is 14.9. The van der Waals surface area contributed by atoms with Crippen molar-refractivity contribution in [1.29, 1.82) is 0 Å². The van der Waals surface area contributed by atoms with Crippen molar-refractivity contribution in [2.75, 3.05) is 64.4 Å². The van der Waals surface area contributed by atoms with E-state index in [1.165, 1.54) is 0 Å². The number of rotatable bonds is 14. The van der Waals surface area contributed by atoms with E-state index in [1.54, 1.807) is 0 Å². The van der Waals surface area contributed by atoms with E-state index >= 15 is 0 Å². The van der Waals surface area contributed by atoms with Gasteiger partial charge in [-0.2, -0.15) is 0 Å². The lowest BCUT2D eigenvalue weighted by molar-refractivity contribution is -0.203. The quantitative estimate of drug-likeness (QED) is 0.0538. The number of amides is 1. The predicted molar refractivity (Wildman–Crippen MR) is 250 cm³/mol. The minimum atomic E-state index is -2.33. The zero-order valence-electron chi connectivity index (χ0n) is 39.2. The van der Waals surface area contributed by atoms with Crippen LogP contribution >= 0.6 is 0 Å². The van der Waals surface area contributed by atoms with Gasteiger partial charge in [0.15, 0.2) is 5.60 Å². The molecule has 1 aromatic heterocycles. The van der Waals surface area contributed by atoms with Crippen LogP contribution in [-0.2, 0) is 47.7 Å². The van der Waals surface area contributed by atoms with Crippen LogP contribution in [0, 0.1) is 17.3 Å². The van der Waals surface area contributed by atoms with Gasteiger partial charge in [0.25, 0.3) is 12.4 Å². The highest BCUT2D eigenvalue weighted by Crippen LogP contribution is 2.67. The minimum Gasteiger partial charge on any atom is -0.467 e. The smallest absolute Gasteiger partial charge is 0.323 e. The van der Waals surface area contributed by atoms with Crippen LogP contribution in [0.2, 0.25) is 0 Å². The molecule has 2 bridgehead atoms. The van der Waals surface area contributed by atoms with Gasteiger partial charge in [-0.1, -0.05) is 64.1 Å². The molecule has 15 nitrogen and oxygen atoms in total. The highest BCUT2D eigenvalue weighted by Gasteiger charge is 2.78. The fraction of sp³-hybridized carbons (Fsp3) is 0.627. The average Bonchev–Trinajstić information content (AvgIpc) is 3.98. The van der Waals surface area contributed by atoms with E-state index in [0.717, 1.165) is 52.1 Å². The Morgan fingerprint density at radius 2 is 1.86 bits per heavy atom. The number of nitrogens with zero attached hydrogens (tertiary/aromatic N) is 3. The molecule has 6 unspecified atom stereocenters. The maximum absolute atomic E-state index is 14.9. The molecule has 358 valence electrons. The standard InChI is InChI=1S/C51H70N6O9/c1-6-47(63)24-32-25-49(29-65-30-59,41-35(14-19-56(26-32)28-47)34-12-8-9-13-38(34)54-41)36-23-37-39(22-33(36)27-58)55(5)44-50(37)16-20-57-18-10-15-48(7-2,43(50)57)45(61)51(44,64)46(62)53-17-11-21-66-42(60)40(52)31(3)4/h8-10,12-13,15,22-23,30-32,40,43-45,54,58,61,63-64H,6-7,11,14,16-21,24-29,52H2,1-5H3,(H,53,62)/t32-,40?,43?,44?,45-,47?,48-,49+,50?,51+/m1/s1. The van der Waals surface area contributed by atoms with Crippen LogP contribution < -0.4 is 16.0 Å². The number of hydrogen-bond acceptors (Lipinski definition) is 13. The molecule has 3 aromatic rings. The number of piperidine rings is 1. The summed E-state index contributed by atoms with van der Waals surface area (Å²) < 4.78 is 11.4. The second kappa shape index (κ2) is 17.3. The molecule has 11 atom stereocenters. The van der Waals surface area contributed by atoms with E-state index in [0.29, 0.717) is 70.2 Å². The first-order valence-corrected chi connectivity index (χ1v) is 24.2. The van der Waals surface area contributed by atoms with Crippen molar-refractivity contribution in [1.82, 2.24) is 20.1 Å². The van der Waals surface area contributed by atoms with Crippen molar-refractivity contribution < 1.29 is 44.3 Å². The summed E-state index contributed by atoms with van der Waals surface area (Å²) in [7, 11) is 1.87. The first-order valence-electron chi connectivity index (χ1n) is 24.2. The predicted octanol–water partition coefficient (Wildman–Crippen LogP) is 2.76. The molecule has 5 aliphatic heterocycles. The lowest BCUT2D eigenvalue weighted by Gasteiger charge is -2.63. The SMILES string of the molecule is CCC1(O)C[C@H]2CN(CCc3c([nH]c4ccccc34)[C@@](COC=O)(c3cc4c(cc3CO)N(C)C3C45CCN4CC=C[C@](CC)(C45)[C@@H](O)[C@]3(O)C(=O)NCCCOC(=O)C(N)C(C)C)C2)C1. The fourth-order valence-electron chi connectivity index (χ4n) is 14.1. The number of H-pyrrole nitrogens is 1. The number of esters is 1. The summed E-state index contributed by atoms with van der Waals surface area (Å²) in [4.78, 5) is 50.4. The molecule has 8 N–H and O–H groups in total. The number of aromatic amines is 1. The van der Waals surface area contributed by atoms with Crippen molar-refractivity contribution >= 4 is 34.9 Å². The number of aliphatic hydroxyl groups is 4. The van der Waals surface area contributed by atoms with Gasteiger partial charge in [-0.25, -0.2) is 0 Å². The lowest BCUT2D eigenvalue weighted by atomic mass is 9.47. The van der Waals surface area contributed by atoms with Crippen LogP contribution in [0.5, 0.6) is 0 Å². The summed E-state index contributed by atoms with van der Waals surface area (Å²) in [6, 6.07) is 10.4. The maximum Gasteiger partial charge on any atom is 0.323 e. The topological polar surface area (TPSA) is 214 Å². The van der Waals surface area contributed by atoms with Crippen molar-refractivity contribution in [3.8, 4) is 0 Å². The van der Waals surface area contributed by atoms with Gasteiger partial charge in [0.1, 0.15) is 18.8 Å². The monoisotopic (exact) mass is 911 g/mol. The number of benzene rings is 2. The molecule has 1 saturated carbocycles. The Morgan fingerprint density at radius 3 is 2.59 bits per heavy atom. The number of fused-ring (bicyclic) bond motifs is 6. The summed E-state index contributed by atoms with van der Waals surface area (Å²) in [5, 5.41) is 53.9. The Bertz CT molecular complexity index is 2390. The first kappa shape index (κ1) is 46.7. The largest absolute Gasteiger partial charge is 0.467 e. The summed E-state index contributed by atoms with van der Waals surface area (Å²) in [5.41, 5.74) is 5.83. The molecule has 6 aliphatic rings. The number of aliphatic hydroxyl groups excluding tert-OH is 2. The van der Waals surface area contributed by atoms with E-state index in [4.69, 9.17) is 15.2 Å². The van der Waals surface area contributed by atoms with Gasteiger partial charge in [0, 0.05) is 78.9 Å². The van der Waals surface area contributed by atoms with E-state index in [-0.39, 0.29) is 50.7 Å². The van der Waals surface area contributed by atoms with E-state index in [9.17, 15) is 34.8 Å². The number of nitrogens with two attached hydrogens (primary N) is 1. The lowest BCUT2D eigenvalue weighted by Crippen LogP contribution is -2.81. The fourth-order valence-corrected chi connectivity index (χ4v) is 14.1. The number of aromatic nitrogens is 1. The van der Waals surface area contributed by atoms with Gasteiger partial charge >= 0.3 is 5.97 Å². The third-order valence-corrected chi connectivity index (χ3v) is 17.1. The minimum absolute atomic E-state index is 0.0167. The summed E-state index contributed by atoms with van der Waals surface area (Å²) >= 11 is 0. The Kier molecular flexibility index (Phi) is 12.3. The molecule has 2 saturated heterocycles. The number of carbonyl (C=O) groups is 3. The van der Waals surface area contributed by atoms with Crippen LogP contribution in [0.15, 0.2) is 48.6 Å². The summed E-state index contributed by atoms with van der Waals surface area (Å²) in [5.74, 6) is -1.34. The zero-order chi connectivity index (χ0) is 47.0. The molecule has 0 radical (unpaired) electrons. The second-order valence-electron chi connectivity index (χ2n) is 20.9. The average molecular weight is 911 g/mol. The molecular formula is C51H70N6O9. The molecular weight excluding hydrogens is 841 g/mol. The van der Waals surface area contributed by atoms with Gasteiger partial charge in [0.2, 0.25) is 0 Å². The van der Waals surface area contributed by atoms with Gasteiger partial charge in [-0.15, -0.1) is 0 Å². The Morgan fingerprint density at radius 1 is 1.08 bits per heavy atom. The van der Waals surface area contributed by atoms with Crippen LogP contribution in [0.25, 0.3) is 10.9 Å². The van der Waals surface area contributed by atoms with Crippen LogP contribution in [0.3, 0.4) is 0 Å². The van der Waals surface area contributed by atoms with Crippen molar-refractivity contribution in [2.45, 2.75) is 126 Å². The number of carbonyl (C=O) groups excluding carboxylic acids is 3. The third-order valence-electron chi connectivity index (χ3n) is 17.1. The molecule has 6 heterocycles. The Balaban J connectivity index is 1.21. The van der Waals surface area contributed by atoms with Gasteiger partial charge < -0.3 is 50.8 Å². The van der Waals surface area contributed by atoms with Crippen LogP contribution in [0.1, 0.15) is 94.2 Å².